The third-order valence-corrected chi connectivity index (χ3v) is 7.41. The van der Waals surface area contributed by atoms with Gasteiger partial charge in [-0.25, -0.2) is 22.6 Å². The number of morpholine rings is 1. The lowest BCUT2D eigenvalue weighted by atomic mass is 10.2. The predicted octanol–water partition coefficient (Wildman–Crippen LogP) is 3.23. The highest BCUT2D eigenvalue weighted by Gasteiger charge is 2.27. The van der Waals surface area contributed by atoms with Crippen LogP contribution in [0.3, 0.4) is 0 Å². The van der Waals surface area contributed by atoms with Gasteiger partial charge in [0.05, 0.1) is 39.7 Å². The highest BCUT2D eigenvalue weighted by molar-refractivity contribution is 7.89. The first-order chi connectivity index (χ1) is 15.3. The van der Waals surface area contributed by atoms with E-state index in [1.807, 2.05) is 11.5 Å². The predicted molar refractivity (Wildman–Crippen MR) is 116 cm³/mol. The number of aromatic nitrogens is 2. The summed E-state index contributed by atoms with van der Waals surface area (Å²) in [5.41, 5.74) is 1.25. The molecule has 0 amide bonds. The van der Waals surface area contributed by atoms with Crippen molar-refractivity contribution in [2.45, 2.75) is 25.0 Å². The van der Waals surface area contributed by atoms with Crippen LogP contribution in [0.5, 0.6) is 0 Å². The lowest BCUT2D eigenvalue weighted by Gasteiger charge is -2.26. The Morgan fingerprint density at radius 3 is 2.66 bits per heavy atom. The van der Waals surface area contributed by atoms with E-state index < -0.39 is 21.8 Å². The Morgan fingerprint density at radius 2 is 1.97 bits per heavy atom. The van der Waals surface area contributed by atoms with Gasteiger partial charge in [-0.1, -0.05) is 11.6 Å². The lowest BCUT2D eigenvalue weighted by molar-refractivity contribution is 0.0459. The second-order valence-electron chi connectivity index (χ2n) is 7.14. The molecule has 0 aliphatic carbocycles. The van der Waals surface area contributed by atoms with Crippen LogP contribution < -0.4 is 0 Å². The van der Waals surface area contributed by atoms with Crippen LogP contribution in [0.2, 0.25) is 5.02 Å². The van der Waals surface area contributed by atoms with Crippen molar-refractivity contribution in [1.29, 1.82) is 0 Å². The van der Waals surface area contributed by atoms with Crippen molar-refractivity contribution in [3.63, 3.8) is 0 Å². The molecule has 1 aromatic heterocycles. The maximum absolute atomic E-state index is 13.2. The first kappa shape index (κ1) is 22.7. The third-order valence-electron chi connectivity index (χ3n) is 5.21. The minimum atomic E-state index is -3.66. The number of imidazole rings is 1. The van der Waals surface area contributed by atoms with Gasteiger partial charge in [-0.2, -0.15) is 4.31 Å². The zero-order valence-corrected chi connectivity index (χ0v) is 18.8. The summed E-state index contributed by atoms with van der Waals surface area (Å²) in [7, 11) is -3.66. The molecule has 1 saturated heterocycles. The number of rotatable bonds is 6. The SMILES string of the molecule is CCn1c(COC(=O)c2ccc(F)cc2Cl)nc2cc(S(=O)(=O)N3CCOCC3)ccc21. The van der Waals surface area contributed by atoms with Crippen LogP contribution >= 0.6 is 11.6 Å². The van der Waals surface area contributed by atoms with E-state index in [9.17, 15) is 17.6 Å². The van der Waals surface area contributed by atoms with Crippen LogP contribution in [-0.4, -0.2) is 54.5 Å². The molecule has 0 unspecified atom stereocenters. The summed E-state index contributed by atoms with van der Waals surface area (Å²) in [4.78, 5) is 17.0. The van der Waals surface area contributed by atoms with Crippen molar-refractivity contribution >= 4 is 38.6 Å². The summed E-state index contributed by atoms with van der Waals surface area (Å²) in [6.07, 6.45) is 0. The number of hydrogen-bond acceptors (Lipinski definition) is 6. The van der Waals surface area contributed by atoms with E-state index in [1.54, 1.807) is 12.1 Å². The van der Waals surface area contributed by atoms with E-state index in [2.05, 4.69) is 4.98 Å². The summed E-state index contributed by atoms with van der Waals surface area (Å²) in [6.45, 7) is 3.62. The van der Waals surface area contributed by atoms with Gasteiger partial charge < -0.3 is 14.0 Å². The summed E-state index contributed by atoms with van der Waals surface area (Å²) in [6, 6.07) is 8.19. The number of nitrogens with zero attached hydrogens (tertiary/aromatic N) is 3. The molecule has 11 heteroatoms. The second kappa shape index (κ2) is 9.14. The second-order valence-corrected chi connectivity index (χ2v) is 9.48. The minimum absolute atomic E-state index is 0.0445. The summed E-state index contributed by atoms with van der Waals surface area (Å²) in [5.74, 6) is -0.808. The molecule has 2 heterocycles. The van der Waals surface area contributed by atoms with Crippen molar-refractivity contribution in [3.8, 4) is 0 Å². The normalized spacial score (nSPS) is 15.2. The van der Waals surface area contributed by atoms with E-state index in [-0.39, 0.29) is 22.1 Å². The summed E-state index contributed by atoms with van der Waals surface area (Å²) < 4.78 is 52.9. The van der Waals surface area contributed by atoms with Gasteiger partial charge in [-0.15, -0.1) is 0 Å². The Hall–Kier alpha value is -2.53. The molecule has 1 aliphatic rings. The number of halogens is 2. The number of sulfonamides is 1. The van der Waals surface area contributed by atoms with Gasteiger partial charge in [-0.3, -0.25) is 0 Å². The van der Waals surface area contributed by atoms with E-state index in [0.29, 0.717) is 44.2 Å². The number of esters is 1. The number of benzene rings is 2. The average Bonchev–Trinajstić information content (AvgIpc) is 3.14. The highest BCUT2D eigenvalue weighted by Crippen LogP contribution is 2.24. The quantitative estimate of drug-likeness (QED) is 0.502. The first-order valence-corrected chi connectivity index (χ1v) is 11.8. The average molecular weight is 482 g/mol. The molecule has 0 N–H and O–H groups in total. The van der Waals surface area contributed by atoms with E-state index in [4.69, 9.17) is 21.1 Å². The zero-order chi connectivity index (χ0) is 22.9. The standard InChI is InChI=1S/C21H21ClFN3O5S/c1-2-26-19-6-4-15(32(28,29)25-7-9-30-10-8-25)12-18(19)24-20(26)13-31-21(27)16-5-3-14(23)11-17(16)22/h3-6,11-12H,2,7-10,13H2,1H3. The first-order valence-electron chi connectivity index (χ1n) is 10.0. The van der Waals surface area contributed by atoms with Gasteiger partial charge >= 0.3 is 5.97 Å². The molecule has 1 fully saturated rings. The molecule has 32 heavy (non-hydrogen) atoms. The lowest BCUT2D eigenvalue weighted by Crippen LogP contribution is -2.40. The Balaban J connectivity index is 1.59. The minimum Gasteiger partial charge on any atom is -0.454 e. The topological polar surface area (TPSA) is 90.7 Å². The fourth-order valence-corrected chi connectivity index (χ4v) is 5.25. The van der Waals surface area contributed by atoms with Crippen LogP contribution in [0.15, 0.2) is 41.3 Å². The van der Waals surface area contributed by atoms with Gasteiger partial charge in [0.1, 0.15) is 18.2 Å². The number of hydrogen-bond donors (Lipinski definition) is 0. The molecule has 170 valence electrons. The van der Waals surface area contributed by atoms with Crippen molar-refractivity contribution in [2.24, 2.45) is 0 Å². The Kier molecular flexibility index (Phi) is 6.47. The molecular formula is C21H21ClFN3O5S. The van der Waals surface area contributed by atoms with Crippen LogP contribution in [0.25, 0.3) is 11.0 Å². The molecule has 4 rings (SSSR count). The third kappa shape index (κ3) is 4.36. The number of ether oxygens (including phenoxy) is 2. The number of carbonyl (C=O) groups excluding carboxylic acids is 1. The molecule has 0 radical (unpaired) electrons. The fraction of sp³-hybridized carbons (Fsp3) is 0.333. The van der Waals surface area contributed by atoms with Crippen LogP contribution in [0, 0.1) is 5.82 Å². The van der Waals surface area contributed by atoms with Crippen LogP contribution in [-0.2, 0) is 32.6 Å². The molecule has 0 saturated carbocycles. The zero-order valence-electron chi connectivity index (χ0n) is 17.3. The number of carbonyl (C=O) groups is 1. The van der Waals surface area contributed by atoms with E-state index in [1.165, 1.54) is 16.4 Å². The van der Waals surface area contributed by atoms with Crippen molar-refractivity contribution < 1.29 is 27.1 Å². The van der Waals surface area contributed by atoms with Gasteiger partial charge in [0.2, 0.25) is 10.0 Å². The van der Waals surface area contributed by atoms with Crippen molar-refractivity contribution in [2.75, 3.05) is 26.3 Å². The fourth-order valence-electron chi connectivity index (χ4n) is 3.58. The van der Waals surface area contributed by atoms with Crippen molar-refractivity contribution in [3.05, 3.63) is 58.6 Å². The Bertz CT molecular complexity index is 1270. The molecule has 0 bridgehead atoms. The molecule has 0 atom stereocenters. The smallest absolute Gasteiger partial charge is 0.340 e. The molecule has 3 aromatic rings. The molecule has 1 aliphatic heterocycles. The monoisotopic (exact) mass is 481 g/mol. The molecule has 2 aromatic carbocycles. The van der Waals surface area contributed by atoms with Crippen molar-refractivity contribution in [1.82, 2.24) is 13.9 Å². The van der Waals surface area contributed by atoms with E-state index >= 15 is 0 Å². The largest absolute Gasteiger partial charge is 0.454 e. The van der Waals surface area contributed by atoms with Crippen LogP contribution in [0.4, 0.5) is 4.39 Å². The van der Waals surface area contributed by atoms with Gasteiger partial charge in [0.25, 0.3) is 0 Å². The van der Waals surface area contributed by atoms with E-state index in [0.717, 1.165) is 17.6 Å². The maximum atomic E-state index is 13.2. The Labute approximate surface area is 189 Å². The van der Waals surface area contributed by atoms with Gasteiger partial charge in [0.15, 0.2) is 0 Å². The van der Waals surface area contributed by atoms with Gasteiger partial charge in [-0.05, 0) is 43.3 Å². The Morgan fingerprint density at radius 1 is 1.22 bits per heavy atom. The van der Waals surface area contributed by atoms with Gasteiger partial charge in [0, 0.05) is 19.6 Å². The number of fused-ring (bicyclic) bond motifs is 1. The number of aryl methyl sites for hydroxylation is 1. The molecular weight excluding hydrogens is 461 g/mol. The molecule has 8 nitrogen and oxygen atoms in total. The highest BCUT2D eigenvalue weighted by atomic mass is 35.5. The maximum Gasteiger partial charge on any atom is 0.340 e. The summed E-state index contributed by atoms with van der Waals surface area (Å²) >= 11 is 5.92. The molecule has 0 spiro atoms. The van der Waals surface area contributed by atoms with Crippen LogP contribution in [0.1, 0.15) is 23.1 Å². The summed E-state index contributed by atoms with van der Waals surface area (Å²) in [5, 5.41) is -0.0445.